The molecule has 1 aliphatic rings. The van der Waals surface area contributed by atoms with E-state index in [-0.39, 0.29) is 11.4 Å². The summed E-state index contributed by atoms with van der Waals surface area (Å²) in [5, 5.41) is 0.743. The standard InChI is InChI=1S/C13H24O2S/c1-10-6-5-7-11(8-10)16-9-13(2,3)12(14)15-4/h10-11H,5-9H2,1-4H3. The van der Waals surface area contributed by atoms with E-state index in [9.17, 15) is 4.79 Å². The largest absolute Gasteiger partial charge is 0.469 e. The molecule has 1 fully saturated rings. The first-order valence-corrected chi connectivity index (χ1v) is 7.20. The lowest BCUT2D eigenvalue weighted by atomic mass is 9.90. The lowest BCUT2D eigenvalue weighted by molar-refractivity contribution is -0.149. The molecule has 0 spiro atoms. The molecule has 0 aliphatic heterocycles. The molecular weight excluding hydrogens is 220 g/mol. The van der Waals surface area contributed by atoms with Crippen LogP contribution < -0.4 is 0 Å². The van der Waals surface area contributed by atoms with Crippen LogP contribution in [0, 0.1) is 11.3 Å². The topological polar surface area (TPSA) is 26.3 Å². The van der Waals surface area contributed by atoms with Crippen molar-refractivity contribution in [1.29, 1.82) is 0 Å². The van der Waals surface area contributed by atoms with Crippen LogP contribution in [-0.4, -0.2) is 24.1 Å². The van der Waals surface area contributed by atoms with Gasteiger partial charge in [0.25, 0.3) is 0 Å². The summed E-state index contributed by atoms with van der Waals surface area (Å²) in [6.45, 7) is 6.27. The molecule has 94 valence electrons. The molecule has 0 heterocycles. The van der Waals surface area contributed by atoms with E-state index in [1.54, 1.807) is 0 Å². The number of hydrogen-bond acceptors (Lipinski definition) is 3. The van der Waals surface area contributed by atoms with Crippen molar-refractivity contribution in [1.82, 2.24) is 0 Å². The maximum Gasteiger partial charge on any atom is 0.312 e. The van der Waals surface area contributed by atoms with Gasteiger partial charge < -0.3 is 4.74 Å². The van der Waals surface area contributed by atoms with Crippen LogP contribution in [0.15, 0.2) is 0 Å². The summed E-state index contributed by atoms with van der Waals surface area (Å²) in [4.78, 5) is 11.5. The molecule has 0 radical (unpaired) electrons. The summed E-state index contributed by atoms with van der Waals surface area (Å²) in [6, 6.07) is 0. The van der Waals surface area contributed by atoms with Crippen molar-refractivity contribution in [3.8, 4) is 0 Å². The first-order valence-electron chi connectivity index (χ1n) is 6.15. The fraction of sp³-hybridized carbons (Fsp3) is 0.923. The van der Waals surface area contributed by atoms with E-state index in [1.807, 2.05) is 25.6 Å². The second-order valence-corrected chi connectivity index (χ2v) is 6.87. The van der Waals surface area contributed by atoms with Crippen LogP contribution in [0.3, 0.4) is 0 Å². The van der Waals surface area contributed by atoms with Crippen molar-refractivity contribution in [2.24, 2.45) is 11.3 Å². The number of ether oxygens (including phenoxy) is 1. The third-order valence-electron chi connectivity index (χ3n) is 3.31. The van der Waals surface area contributed by atoms with E-state index in [4.69, 9.17) is 4.74 Å². The van der Waals surface area contributed by atoms with Crippen molar-refractivity contribution in [2.75, 3.05) is 12.9 Å². The van der Waals surface area contributed by atoms with E-state index < -0.39 is 0 Å². The Morgan fingerprint density at radius 3 is 2.69 bits per heavy atom. The molecule has 1 aliphatic carbocycles. The van der Waals surface area contributed by atoms with E-state index in [0.717, 1.165) is 16.9 Å². The monoisotopic (exact) mass is 244 g/mol. The van der Waals surface area contributed by atoms with Crippen LogP contribution in [0.25, 0.3) is 0 Å². The average Bonchev–Trinajstić information content (AvgIpc) is 2.25. The second kappa shape index (κ2) is 5.95. The molecule has 0 amide bonds. The SMILES string of the molecule is COC(=O)C(C)(C)CSC1CCCC(C)C1. The highest BCUT2D eigenvalue weighted by molar-refractivity contribution is 7.99. The molecule has 0 aromatic carbocycles. The van der Waals surface area contributed by atoms with Crippen molar-refractivity contribution in [3.63, 3.8) is 0 Å². The predicted octanol–water partition coefficient (Wildman–Crippen LogP) is 3.50. The summed E-state index contributed by atoms with van der Waals surface area (Å²) in [6.07, 6.45) is 5.34. The fourth-order valence-corrected chi connectivity index (χ4v) is 3.76. The Morgan fingerprint density at radius 1 is 1.44 bits per heavy atom. The van der Waals surface area contributed by atoms with Crippen molar-refractivity contribution >= 4 is 17.7 Å². The van der Waals surface area contributed by atoms with Gasteiger partial charge >= 0.3 is 5.97 Å². The molecule has 3 heteroatoms. The Balaban J connectivity index is 2.35. The molecular formula is C13H24O2S. The minimum Gasteiger partial charge on any atom is -0.469 e. The molecule has 0 aromatic rings. The molecule has 0 N–H and O–H groups in total. The molecule has 16 heavy (non-hydrogen) atoms. The quantitative estimate of drug-likeness (QED) is 0.708. The first kappa shape index (κ1) is 13.9. The number of esters is 1. The lowest BCUT2D eigenvalue weighted by Crippen LogP contribution is -2.29. The lowest BCUT2D eigenvalue weighted by Gasteiger charge is -2.29. The van der Waals surface area contributed by atoms with E-state index in [2.05, 4.69) is 6.92 Å². The summed E-state index contributed by atoms with van der Waals surface area (Å²) < 4.78 is 4.82. The van der Waals surface area contributed by atoms with Crippen molar-refractivity contribution in [2.45, 2.75) is 51.7 Å². The van der Waals surface area contributed by atoms with Crippen LogP contribution in [-0.2, 0) is 9.53 Å². The number of methoxy groups -OCH3 is 1. The number of carbonyl (C=O) groups excluding carboxylic acids is 1. The van der Waals surface area contributed by atoms with Gasteiger partial charge in [-0.2, -0.15) is 11.8 Å². The summed E-state index contributed by atoms with van der Waals surface area (Å²) in [5.41, 5.74) is -0.347. The minimum absolute atomic E-state index is 0.0937. The van der Waals surface area contributed by atoms with E-state index in [1.165, 1.54) is 32.8 Å². The van der Waals surface area contributed by atoms with Crippen LogP contribution in [0.2, 0.25) is 0 Å². The van der Waals surface area contributed by atoms with Gasteiger partial charge in [0.1, 0.15) is 0 Å². The molecule has 1 saturated carbocycles. The molecule has 2 atom stereocenters. The van der Waals surface area contributed by atoms with Crippen molar-refractivity contribution < 1.29 is 9.53 Å². The first-order chi connectivity index (χ1) is 7.45. The zero-order valence-corrected chi connectivity index (χ0v) is 11.7. The summed E-state index contributed by atoms with van der Waals surface area (Å²) in [5.74, 6) is 1.63. The van der Waals surface area contributed by atoms with Crippen LogP contribution in [0.5, 0.6) is 0 Å². The van der Waals surface area contributed by atoms with Crippen LogP contribution in [0.4, 0.5) is 0 Å². The van der Waals surface area contributed by atoms with E-state index >= 15 is 0 Å². The van der Waals surface area contributed by atoms with Gasteiger partial charge in [-0.3, -0.25) is 4.79 Å². The highest BCUT2D eigenvalue weighted by Gasteiger charge is 2.30. The Kier molecular flexibility index (Phi) is 5.16. The van der Waals surface area contributed by atoms with E-state index in [0.29, 0.717) is 0 Å². The maximum atomic E-state index is 11.5. The van der Waals surface area contributed by atoms with Gasteiger partial charge in [-0.05, 0) is 32.6 Å². The van der Waals surface area contributed by atoms with Crippen LogP contribution in [0.1, 0.15) is 46.5 Å². The van der Waals surface area contributed by atoms with Gasteiger partial charge in [0.2, 0.25) is 0 Å². The smallest absolute Gasteiger partial charge is 0.312 e. The van der Waals surface area contributed by atoms with Gasteiger partial charge in [0.05, 0.1) is 12.5 Å². The highest BCUT2D eigenvalue weighted by atomic mass is 32.2. The van der Waals surface area contributed by atoms with Gasteiger partial charge in [-0.25, -0.2) is 0 Å². The van der Waals surface area contributed by atoms with Gasteiger partial charge in [-0.1, -0.05) is 19.8 Å². The maximum absolute atomic E-state index is 11.5. The summed E-state index contributed by atoms with van der Waals surface area (Å²) in [7, 11) is 1.47. The van der Waals surface area contributed by atoms with Gasteiger partial charge in [0, 0.05) is 11.0 Å². The Morgan fingerprint density at radius 2 is 2.12 bits per heavy atom. The Hall–Kier alpha value is -0.180. The Labute approximate surface area is 104 Å². The molecule has 2 unspecified atom stereocenters. The van der Waals surface area contributed by atoms with Gasteiger partial charge in [-0.15, -0.1) is 0 Å². The second-order valence-electron chi connectivity index (χ2n) is 5.58. The van der Waals surface area contributed by atoms with Crippen LogP contribution >= 0.6 is 11.8 Å². The molecule has 0 bridgehead atoms. The van der Waals surface area contributed by atoms with Gasteiger partial charge in [0.15, 0.2) is 0 Å². The highest BCUT2D eigenvalue weighted by Crippen LogP contribution is 2.35. The normalized spacial score (nSPS) is 26.5. The minimum atomic E-state index is -0.347. The molecule has 0 saturated heterocycles. The number of thioether (sulfide) groups is 1. The molecule has 1 rings (SSSR count). The third kappa shape index (κ3) is 4.00. The third-order valence-corrected chi connectivity index (χ3v) is 5.09. The number of hydrogen-bond donors (Lipinski definition) is 0. The number of carbonyl (C=O) groups is 1. The Bertz CT molecular complexity index is 238. The average molecular weight is 244 g/mol. The number of rotatable bonds is 4. The zero-order chi connectivity index (χ0) is 12.2. The molecule has 2 nitrogen and oxygen atoms in total. The summed E-state index contributed by atoms with van der Waals surface area (Å²) >= 11 is 1.95. The zero-order valence-electron chi connectivity index (χ0n) is 10.9. The predicted molar refractivity (Wildman–Crippen MR) is 69.7 cm³/mol. The fourth-order valence-electron chi connectivity index (χ4n) is 2.19. The van der Waals surface area contributed by atoms with Crippen molar-refractivity contribution in [3.05, 3.63) is 0 Å². The molecule has 0 aromatic heterocycles.